The molecule has 114 valence electrons. The lowest BCUT2D eigenvalue weighted by atomic mass is 9.99. The quantitative estimate of drug-likeness (QED) is 0.449. The minimum absolute atomic E-state index is 0.828. The fraction of sp³-hybridized carbons (Fsp3) is 0.684. The molecule has 0 fully saturated rings. The molecule has 20 heavy (non-hydrogen) atoms. The Morgan fingerprint density at radius 3 is 2.30 bits per heavy atom. The highest BCUT2D eigenvalue weighted by atomic mass is 16.5. The van der Waals surface area contributed by atoms with Crippen LogP contribution >= 0.6 is 0 Å². The molecule has 0 amide bonds. The van der Waals surface area contributed by atoms with Crippen molar-refractivity contribution >= 4 is 0 Å². The summed E-state index contributed by atoms with van der Waals surface area (Å²) in [6, 6.07) is 8.68. The van der Waals surface area contributed by atoms with Gasteiger partial charge in [0.25, 0.3) is 0 Å². The molecule has 1 aromatic carbocycles. The minimum Gasteiger partial charge on any atom is -0.494 e. The number of benzene rings is 1. The first-order valence-corrected chi connectivity index (χ1v) is 8.48. The van der Waals surface area contributed by atoms with Crippen LogP contribution in [0.2, 0.25) is 0 Å². The number of rotatable bonds is 11. The van der Waals surface area contributed by atoms with Gasteiger partial charge in [-0.05, 0) is 42.9 Å². The molecule has 1 nitrogen and oxygen atoms in total. The summed E-state index contributed by atoms with van der Waals surface area (Å²) >= 11 is 0. The Morgan fingerprint density at radius 2 is 1.65 bits per heavy atom. The van der Waals surface area contributed by atoms with Gasteiger partial charge in [-0.2, -0.15) is 0 Å². The van der Waals surface area contributed by atoms with Crippen molar-refractivity contribution in [3.05, 3.63) is 29.8 Å². The van der Waals surface area contributed by atoms with Crippen LogP contribution in [-0.2, 0) is 6.42 Å². The van der Waals surface area contributed by atoms with Crippen molar-refractivity contribution in [3.63, 3.8) is 0 Å². The Hall–Kier alpha value is -0.980. The number of ether oxygens (including phenoxy) is 1. The van der Waals surface area contributed by atoms with Gasteiger partial charge in [0.05, 0.1) is 6.61 Å². The summed E-state index contributed by atoms with van der Waals surface area (Å²) < 4.78 is 5.79. The molecule has 0 aliphatic heterocycles. The third-order valence-electron chi connectivity index (χ3n) is 4.06. The Balaban J connectivity index is 2.18. The Kier molecular flexibility index (Phi) is 9.19. The molecule has 0 heterocycles. The van der Waals surface area contributed by atoms with Crippen LogP contribution in [0.3, 0.4) is 0 Å². The lowest BCUT2D eigenvalue weighted by Gasteiger charge is -2.09. The predicted octanol–water partition coefficient (Wildman–Crippen LogP) is 6.01. The Bertz CT molecular complexity index is 328. The first-order chi connectivity index (χ1) is 9.76. The molecular weight excluding hydrogens is 244 g/mol. The van der Waals surface area contributed by atoms with Crippen molar-refractivity contribution in [2.75, 3.05) is 6.61 Å². The van der Waals surface area contributed by atoms with Crippen molar-refractivity contribution in [1.82, 2.24) is 0 Å². The minimum atomic E-state index is 0.828. The molecule has 0 N–H and O–H groups in total. The molecule has 0 spiro atoms. The van der Waals surface area contributed by atoms with Crippen LogP contribution in [0.5, 0.6) is 5.75 Å². The second kappa shape index (κ2) is 10.8. The molecule has 0 radical (unpaired) electrons. The average Bonchev–Trinajstić information content (AvgIpc) is 2.49. The van der Waals surface area contributed by atoms with Gasteiger partial charge < -0.3 is 4.74 Å². The lowest BCUT2D eigenvalue weighted by molar-refractivity contribution is 0.304. The van der Waals surface area contributed by atoms with Crippen molar-refractivity contribution in [3.8, 4) is 5.75 Å². The van der Waals surface area contributed by atoms with Gasteiger partial charge in [-0.3, -0.25) is 0 Å². The zero-order valence-corrected chi connectivity index (χ0v) is 13.7. The standard InChI is InChI=1S/C19H32O/c1-4-6-7-8-9-16-20-19-14-12-18(13-15-19)11-10-17(3)5-2/h12-15,17H,4-11,16H2,1-3H3. The van der Waals surface area contributed by atoms with Gasteiger partial charge in [0.2, 0.25) is 0 Å². The highest BCUT2D eigenvalue weighted by molar-refractivity contribution is 5.27. The van der Waals surface area contributed by atoms with Gasteiger partial charge in [0, 0.05) is 0 Å². The highest BCUT2D eigenvalue weighted by Crippen LogP contribution is 2.16. The van der Waals surface area contributed by atoms with Crippen LogP contribution in [0.25, 0.3) is 0 Å². The van der Waals surface area contributed by atoms with Crippen LogP contribution in [0.4, 0.5) is 0 Å². The van der Waals surface area contributed by atoms with Crippen molar-refractivity contribution < 1.29 is 4.74 Å². The second-order valence-electron chi connectivity index (χ2n) is 5.96. The molecule has 1 atom stereocenters. The molecule has 1 unspecified atom stereocenters. The van der Waals surface area contributed by atoms with Crippen LogP contribution in [0, 0.1) is 5.92 Å². The fourth-order valence-electron chi connectivity index (χ4n) is 2.27. The lowest BCUT2D eigenvalue weighted by Crippen LogP contribution is -1.98. The first-order valence-electron chi connectivity index (χ1n) is 8.48. The second-order valence-corrected chi connectivity index (χ2v) is 5.96. The summed E-state index contributed by atoms with van der Waals surface area (Å²) in [4.78, 5) is 0. The van der Waals surface area contributed by atoms with Gasteiger partial charge in [0.1, 0.15) is 5.75 Å². The van der Waals surface area contributed by atoms with E-state index in [1.165, 1.54) is 56.9 Å². The van der Waals surface area contributed by atoms with Crippen molar-refractivity contribution in [1.29, 1.82) is 0 Å². The van der Waals surface area contributed by atoms with E-state index in [9.17, 15) is 0 Å². The zero-order valence-electron chi connectivity index (χ0n) is 13.7. The number of hydrogen-bond donors (Lipinski definition) is 0. The van der Waals surface area contributed by atoms with Crippen LogP contribution in [0.15, 0.2) is 24.3 Å². The van der Waals surface area contributed by atoms with Crippen molar-refractivity contribution in [2.24, 2.45) is 5.92 Å². The number of aryl methyl sites for hydroxylation is 1. The fourth-order valence-corrected chi connectivity index (χ4v) is 2.27. The Morgan fingerprint density at radius 1 is 0.950 bits per heavy atom. The van der Waals surface area contributed by atoms with Crippen molar-refractivity contribution in [2.45, 2.75) is 72.1 Å². The van der Waals surface area contributed by atoms with Gasteiger partial charge >= 0.3 is 0 Å². The maximum absolute atomic E-state index is 5.79. The van der Waals surface area contributed by atoms with E-state index in [0.29, 0.717) is 0 Å². The molecule has 1 aromatic rings. The summed E-state index contributed by atoms with van der Waals surface area (Å²) in [7, 11) is 0. The van der Waals surface area contributed by atoms with Gasteiger partial charge in [-0.15, -0.1) is 0 Å². The van der Waals surface area contributed by atoms with E-state index in [1.54, 1.807) is 0 Å². The highest BCUT2D eigenvalue weighted by Gasteiger charge is 2.00. The van der Waals surface area contributed by atoms with Gasteiger partial charge in [-0.25, -0.2) is 0 Å². The zero-order chi connectivity index (χ0) is 14.6. The first kappa shape index (κ1) is 17.1. The molecule has 0 saturated heterocycles. The largest absolute Gasteiger partial charge is 0.494 e. The predicted molar refractivity (Wildman–Crippen MR) is 88.5 cm³/mol. The van der Waals surface area contributed by atoms with Gasteiger partial charge in [0.15, 0.2) is 0 Å². The van der Waals surface area contributed by atoms with Crippen LogP contribution in [-0.4, -0.2) is 6.61 Å². The molecule has 0 saturated carbocycles. The average molecular weight is 276 g/mol. The van der Waals surface area contributed by atoms with E-state index in [-0.39, 0.29) is 0 Å². The van der Waals surface area contributed by atoms with E-state index in [1.807, 2.05) is 0 Å². The summed E-state index contributed by atoms with van der Waals surface area (Å²) in [5, 5.41) is 0. The van der Waals surface area contributed by atoms with Gasteiger partial charge in [-0.1, -0.05) is 65.0 Å². The number of unbranched alkanes of at least 4 members (excludes halogenated alkanes) is 4. The molecular formula is C19H32O. The van der Waals surface area contributed by atoms with E-state index >= 15 is 0 Å². The molecule has 0 aromatic heterocycles. The Labute approximate surface area is 125 Å². The van der Waals surface area contributed by atoms with E-state index in [0.717, 1.165) is 18.3 Å². The summed E-state index contributed by atoms with van der Waals surface area (Å²) in [6.07, 6.45) is 10.2. The third kappa shape index (κ3) is 7.57. The molecule has 1 rings (SSSR count). The van der Waals surface area contributed by atoms with Crippen LogP contribution in [0.1, 0.15) is 71.3 Å². The monoisotopic (exact) mass is 276 g/mol. The SMILES string of the molecule is CCCCCCCOc1ccc(CCC(C)CC)cc1. The molecule has 1 heteroatoms. The maximum atomic E-state index is 5.79. The molecule has 0 aliphatic rings. The smallest absolute Gasteiger partial charge is 0.119 e. The topological polar surface area (TPSA) is 9.23 Å². The molecule has 0 aliphatic carbocycles. The molecule has 0 bridgehead atoms. The normalized spacial score (nSPS) is 12.3. The van der Waals surface area contributed by atoms with Crippen LogP contribution < -0.4 is 4.74 Å². The maximum Gasteiger partial charge on any atom is 0.119 e. The number of hydrogen-bond acceptors (Lipinski definition) is 1. The van der Waals surface area contributed by atoms with E-state index < -0.39 is 0 Å². The summed E-state index contributed by atoms with van der Waals surface area (Å²) in [5.41, 5.74) is 1.43. The van der Waals surface area contributed by atoms with E-state index in [2.05, 4.69) is 45.0 Å². The summed E-state index contributed by atoms with van der Waals surface area (Å²) in [5.74, 6) is 1.85. The summed E-state index contributed by atoms with van der Waals surface area (Å²) in [6.45, 7) is 7.70. The third-order valence-corrected chi connectivity index (χ3v) is 4.06. The van der Waals surface area contributed by atoms with E-state index in [4.69, 9.17) is 4.74 Å².